The van der Waals surface area contributed by atoms with E-state index in [1.54, 1.807) is 0 Å². The second-order valence-electron chi connectivity index (χ2n) is 6.59. The van der Waals surface area contributed by atoms with Crippen LogP contribution in [-0.4, -0.2) is 31.3 Å². The van der Waals surface area contributed by atoms with Crippen molar-refractivity contribution in [1.29, 1.82) is 0 Å². The maximum atomic E-state index is 11.3. The average Bonchev–Trinajstić information content (AvgIpc) is 2.93. The van der Waals surface area contributed by atoms with E-state index >= 15 is 0 Å². The largest absolute Gasteiger partial charge is 0.444 e. The molecule has 0 saturated heterocycles. The number of amides is 1. The molecule has 4 heteroatoms. The molecular formula is C14H28N2O2. The van der Waals surface area contributed by atoms with E-state index in [0.29, 0.717) is 12.0 Å². The fraction of sp³-hybridized carbons (Fsp3) is 0.929. The Balaban J connectivity index is 1.87. The predicted molar refractivity (Wildman–Crippen MR) is 73.7 cm³/mol. The molecule has 1 aliphatic carbocycles. The van der Waals surface area contributed by atoms with E-state index in [4.69, 9.17) is 4.74 Å². The van der Waals surface area contributed by atoms with Crippen molar-refractivity contribution in [3.63, 3.8) is 0 Å². The molecule has 0 aromatic rings. The number of hydrogen-bond donors (Lipinski definition) is 2. The molecule has 106 valence electrons. The van der Waals surface area contributed by atoms with Crippen molar-refractivity contribution < 1.29 is 9.53 Å². The van der Waals surface area contributed by atoms with Gasteiger partial charge in [-0.1, -0.05) is 6.92 Å². The number of rotatable bonds is 7. The van der Waals surface area contributed by atoms with Gasteiger partial charge in [-0.25, -0.2) is 4.79 Å². The second kappa shape index (κ2) is 6.41. The molecular weight excluding hydrogens is 228 g/mol. The molecule has 0 atom stereocenters. The minimum absolute atomic E-state index is 0.338. The Bertz CT molecular complexity index is 267. The molecule has 18 heavy (non-hydrogen) atoms. The van der Waals surface area contributed by atoms with E-state index in [1.807, 2.05) is 20.8 Å². The number of hydrogen-bond acceptors (Lipinski definition) is 3. The van der Waals surface area contributed by atoms with E-state index in [1.165, 1.54) is 25.7 Å². The van der Waals surface area contributed by atoms with E-state index in [-0.39, 0.29) is 6.09 Å². The van der Waals surface area contributed by atoms with Crippen molar-refractivity contribution in [2.24, 2.45) is 5.41 Å². The lowest BCUT2D eigenvalue weighted by atomic mass is 10.0. The van der Waals surface area contributed by atoms with E-state index < -0.39 is 5.60 Å². The Hall–Kier alpha value is -0.770. The van der Waals surface area contributed by atoms with Gasteiger partial charge in [-0.05, 0) is 58.4 Å². The van der Waals surface area contributed by atoms with Crippen LogP contribution < -0.4 is 10.6 Å². The van der Waals surface area contributed by atoms with Crippen LogP contribution in [0.4, 0.5) is 4.79 Å². The first-order valence-electron chi connectivity index (χ1n) is 6.98. The summed E-state index contributed by atoms with van der Waals surface area (Å²) in [5.41, 5.74) is 0.230. The number of carbonyl (C=O) groups excluding carboxylic acids is 1. The first kappa shape index (κ1) is 15.3. The second-order valence-corrected chi connectivity index (χ2v) is 6.59. The molecule has 1 rings (SSSR count). The first-order valence-corrected chi connectivity index (χ1v) is 6.98. The molecule has 0 radical (unpaired) electrons. The van der Waals surface area contributed by atoms with Crippen LogP contribution in [0.15, 0.2) is 0 Å². The predicted octanol–water partition coefficient (Wildman–Crippen LogP) is 2.68. The van der Waals surface area contributed by atoms with Crippen molar-refractivity contribution in [1.82, 2.24) is 10.6 Å². The topological polar surface area (TPSA) is 50.4 Å². The van der Waals surface area contributed by atoms with Gasteiger partial charge in [0.05, 0.1) is 0 Å². The van der Waals surface area contributed by atoms with Crippen molar-refractivity contribution in [2.45, 2.75) is 59.0 Å². The van der Waals surface area contributed by atoms with Crippen molar-refractivity contribution in [3.8, 4) is 0 Å². The molecule has 0 bridgehead atoms. The van der Waals surface area contributed by atoms with Crippen LogP contribution in [0, 0.1) is 5.41 Å². The number of alkyl carbamates (subject to hydrolysis) is 1. The highest BCUT2D eigenvalue weighted by Gasteiger charge is 2.35. The zero-order chi connectivity index (χ0) is 13.6. The van der Waals surface area contributed by atoms with E-state index in [0.717, 1.165) is 13.1 Å². The average molecular weight is 256 g/mol. The van der Waals surface area contributed by atoms with Gasteiger partial charge in [-0.3, -0.25) is 0 Å². The molecule has 0 heterocycles. The molecule has 2 N–H and O–H groups in total. The van der Waals surface area contributed by atoms with Crippen LogP contribution in [0.1, 0.15) is 53.4 Å². The maximum absolute atomic E-state index is 11.3. The smallest absolute Gasteiger partial charge is 0.407 e. The van der Waals surface area contributed by atoms with E-state index in [2.05, 4.69) is 17.6 Å². The quantitative estimate of drug-likeness (QED) is 0.689. The van der Waals surface area contributed by atoms with Gasteiger partial charge in [-0.2, -0.15) is 0 Å². The van der Waals surface area contributed by atoms with Crippen LogP contribution in [0.5, 0.6) is 0 Å². The van der Waals surface area contributed by atoms with Crippen LogP contribution in [0.3, 0.4) is 0 Å². The zero-order valence-electron chi connectivity index (χ0n) is 12.3. The summed E-state index contributed by atoms with van der Waals surface area (Å²) in [5, 5.41) is 6.07. The van der Waals surface area contributed by atoms with Crippen molar-refractivity contribution >= 4 is 6.09 Å². The number of nitrogens with one attached hydrogen (secondary N) is 2. The normalized spacial score (nSPS) is 17.3. The molecule has 0 aromatic heterocycles. The minimum atomic E-state index is -0.419. The lowest BCUT2D eigenvalue weighted by Gasteiger charge is -2.19. The molecule has 1 fully saturated rings. The lowest BCUT2D eigenvalue weighted by molar-refractivity contribution is 0.0528. The zero-order valence-corrected chi connectivity index (χ0v) is 12.3. The lowest BCUT2D eigenvalue weighted by Crippen LogP contribution is -2.36. The summed E-state index contributed by atoms with van der Waals surface area (Å²) >= 11 is 0. The van der Waals surface area contributed by atoms with Gasteiger partial charge in [-0.15, -0.1) is 0 Å². The maximum Gasteiger partial charge on any atom is 0.407 e. The summed E-state index contributed by atoms with van der Waals surface area (Å²) in [6.45, 7) is 10.4. The van der Waals surface area contributed by atoms with Crippen LogP contribution in [0.2, 0.25) is 0 Å². The van der Waals surface area contributed by atoms with E-state index in [9.17, 15) is 4.79 Å². The SMILES string of the molecule is CC1(CCCNCCNC(=O)OC(C)(C)C)CC1. The van der Waals surface area contributed by atoms with Gasteiger partial charge in [0.15, 0.2) is 0 Å². The molecule has 4 nitrogen and oxygen atoms in total. The Kier molecular flexibility index (Phi) is 5.45. The standard InChI is InChI=1S/C14H28N2O2/c1-13(2,3)18-12(17)16-11-10-15-9-5-6-14(4)7-8-14/h15H,5-11H2,1-4H3,(H,16,17). The molecule has 1 saturated carbocycles. The highest BCUT2D eigenvalue weighted by atomic mass is 16.6. The molecule has 1 aliphatic rings. The summed E-state index contributed by atoms with van der Waals surface area (Å²) < 4.78 is 5.14. The molecule has 0 unspecified atom stereocenters. The number of carbonyl (C=O) groups is 1. The molecule has 0 aliphatic heterocycles. The molecule has 0 aromatic carbocycles. The van der Waals surface area contributed by atoms with Gasteiger partial charge in [0.2, 0.25) is 0 Å². The summed E-state index contributed by atoms with van der Waals surface area (Å²) in [7, 11) is 0. The third kappa shape index (κ3) is 7.54. The Morgan fingerprint density at radius 3 is 2.44 bits per heavy atom. The third-order valence-corrected chi connectivity index (χ3v) is 3.21. The Labute approximate surface area is 111 Å². The van der Waals surface area contributed by atoms with Crippen LogP contribution >= 0.6 is 0 Å². The minimum Gasteiger partial charge on any atom is -0.444 e. The molecule has 1 amide bonds. The summed E-state index contributed by atoms with van der Waals surface area (Å²) in [6.07, 6.45) is 5.00. The highest BCUT2D eigenvalue weighted by molar-refractivity contribution is 5.67. The van der Waals surface area contributed by atoms with Crippen LogP contribution in [-0.2, 0) is 4.74 Å². The van der Waals surface area contributed by atoms with Gasteiger partial charge in [0.25, 0.3) is 0 Å². The summed E-state index contributed by atoms with van der Waals surface area (Å²) in [5.74, 6) is 0. The molecule has 0 spiro atoms. The number of ether oxygens (including phenoxy) is 1. The van der Waals surface area contributed by atoms with Gasteiger partial charge in [0.1, 0.15) is 5.60 Å². The monoisotopic (exact) mass is 256 g/mol. The summed E-state index contributed by atoms with van der Waals surface area (Å²) in [6, 6.07) is 0. The van der Waals surface area contributed by atoms with Gasteiger partial charge in [0, 0.05) is 13.1 Å². The third-order valence-electron chi connectivity index (χ3n) is 3.21. The fourth-order valence-corrected chi connectivity index (χ4v) is 1.80. The fourth-order valence-electron chi connectivity index (χ4n) is 1.80. The highest BCUT2D eigenvalue weighted by Crippen LogP contribution is 2.48. The van der Waals surface area contributed by atoms with Crippen LogP contribution in [0.25, 0.3) is 0 Å². The Morgan fingerprint density at radius 1 is 1.22 bits per heavy atom. The van der Waals surface area contributed by atoms with Gasteiger partial charge < -0.3 is 15.4 Å². The first-order chi connectivity index (χ1) is 8.31. The summed E-state index contributed by atoms with van der Waals surface area (Å²) in [4.78, 5) is 11.3. The Morgan fingerprint density at radius 2 is 1.89 bits per heavy atom. The van der Waals surface area contributed by atoms with Gasteiger partial charge >= 0.3 is 6.09 Å². The van der Waals surface area contributed by atoms with Crippen molar-refractivity contribution in [2.75, 3.05) is 19.6 Å². The van der Waals surface area contributed by atoms with Crippen molar-refractivity contribution in [3.05, 3.63) is 0 Å².